The highest BCUT2D eigenvalue weighted by Crippen LogP contribution is 2.51. The Balaban J connectivity index is 2.04. The molecule has 1 aromatic rings. The molecule has 1 aliphatic rings. The van der Waals surface area contributed by atoms with Crippen molar-refractivity contribution in [1.82, 2.24) is 0 Å². The maximum absolute atomic E-state index is 6.05. The SMILES string of the molecule is CCCOc1ccc(C2CC(N)C2(C)C)cc1. The third kappa shape index (κ3) is 2.32. The third-order valence-corrected chi connectivity index (χ3v) is 4.10. The van der Waals surface area contributed by atoms with E-state index in [1.807, 2.05) is 0 Å². The lowest BCUT2D eigenvalue weighted by atomic mass is 9.57. The molecule has 94 valence electrons. The number of hydrogen-bond acceptors (Lipinski definition) is 2. The van der Waals surface area contributed by atoms with Crippen LogP contribution in [0.4, 0.5) is 0 Å². The van der Waals surface area contributed by atoms with Gasteiger partial charge in [-0.2, -0.15) is 0 Å². The number of nitrogens with two attached hydrogens (primary N) is 1. The van der Waals surface area contributed by atoms with Crippen LogP contribution >= 0.6 is 0 Å². The van der Waals surface area contributed by atoms with Crippen LogP contribution in [0.3, 0.4) is 0 Å². The number of ether oxygens (including phenoxy) is 1. The summed E-state index contributed by atoms with van der Waals surface area (Å²) in [4.78, 5) is 0. The van der Waals surface area contributed by atoms with Gasteiger partial charge in [-0.25, -0.2) is 0 Å². The zero-order chi connectivity index (χ0) is 12.5. The first-order valence-corrected chi connectivity index (χ1v) is 6.54. The average Bonchev–Trinajstić information content (AvgIpc) is 2.34. The van der Waals surface area contributed by atoms with Crippen molar-refractivity contribution in [1.29, 1.82) is 0 Å². The largest absolute Gasteiger partial charge is 0.494 e. The van der Waals surface area contributed by atoms with Crippen molar-refractivity contribution in [2.45, 2.75) is 45.6 Å². The molecule has 2 nitrogen and oxygen atoms in total. The molecular formula is C15H23NO. The van der Waals surface area contributed by atoms with Gasteiger partial charge in [-0.1, -0.05) is 32.9 Å². The molecule has 2 atom stereocenters. The summed E-state index contributed by atoms with van der Waals surface area (Å²) < 4.78 is 5.59. The monoisotopic (exact) mass is 233 g/mol. The lowest BCUT2D eigenvalue weighted by Gasteiger charge is -2.50. The second-order valence-corrected chi connectivity index (χ2v) is 5.63. The summed E-state index contributed by atoms with van der Waals surface area (Å²) in [6, 6.07) is 8.85. The van der Waals surface area contributed by atoms with Gasteiger partial charge in [-0.15, -0.1) is 0 Å². The molecule has 0 saturated heterocycles. The van der Waals surface area contributed by atoms with Crippen molar-refractivity contribution in [2.75, 3.05) is 6.61 Å². The molecule has 0 bridgehead atoms. The fourth-order valence-electron chi connectivity index (χ4n) is 2.54. The molecule has 1 aromatic carbocycles. The van der Waals surface area contributed by atoms with E-state index < -0.39 is 0 Å². The third-order valence-electron chi connectivity index (χ3n) is 4.10. The Morgan fingerprint density at radius 1 is 1.29 bits per heavy atom. The van der Waals surface area contributed by atoms with Crippen LogP contribution in [-0.4, -0.2) is 12.6 Å². The first kappa shape index (κ1) is 12.4. The van der Waals surface area contributed by atoms with E-state index in [0.717, 1.165) is 25.2 Å². The van der Waals surface area contributed by atoms with Crippen LogP contribution in [-0.2, 0) is 0 Å². The zero-order valence-electron chi connectivity index (χ0n) is 11.1. The van der Waals surface area contributed by atoms with Crippen molar-refractivity contribution in [3.8, 4) is 5.75 Å². The molecule has 0 aromatic heterocycles. The van der Waals surface area contributed by atoms with Crippen LogP contribution in [0, 0.1) is 5.41 Å². The standard InChI is InChI=1S/C15H23NO/c1-4-9-17-12-7-5-11(6-8-12)13-10-14(16)15(13,2)3/h5-8,13-14H,4,9-10,16H2,1-3H3. The zero-order valence-corrected chi connectivity index (χ0v) is 11.1. The normalized spacial score (nSPS) is 26.4. The molecule has 0 spiro atoms. The Labute approximate surface area is 104 Å². The smallest absolute Gasteiger partial charge is 0.119 e. The van der Waals surface area contributed by atoms with Crippen molar-refractivity contribution < 1.29 is 4.74 Å². The highest BCUT2D eigenvalue weighted by Gasteiger charge is 2.46. The molecule has 2 unspecified atom stereocenters. The Kier molecular flexibility index (Phi) is 3.43. The van der Waals surface area contributed by atoms with Gasteiger partial charge < -0.3 is 10.5 Å². The van der Waals surface area contributed by atoms with Gasteiger partial charge >= 0.3 is 0 Å². The fourth-order valence-corrected chi connectivity index (χ4v) is 2.54. The van der Waals surface area contributed by atoms with Crippen LogP contribution < -0.4 is 10.5 Å². The predicted molar refractivity (Wildman–Crippen MR) is 71.3 cm³/mol. The lowest BCUT2D eigenvalue weighted by Crippen LogP contribution is -2.52. The second-order valence-electron chi connectivity index (χ2n) is 5.63. The Morgan fingerprint density at radius 3 is 2.41 bits per heavy atom. The molecule has 0 heterocycles. The molecule has 2 rings (SSSR count). The van der Waals surface area contributed by atoms with E-state index in [4.69, 9.17) is 10.5 Å². The summed E-state index contributed by atoms with van der Waals surface area (Å²) >= 11 is 0. The van der Waals surface area contributed by atoms with Crippen LogP contribution in [0.1, 0.15) is 45.1 Å². The predicted octanol–water partition coefficient (Wildman–Crippen LogP) is 3.32. The van der Waals surface area contributed by atoms with Crippen molar-refractivity contribution in [3.05, 3.63) is 29.8 Å². The molecule has 2 heteroatoms. The Morgan fingerprint density at radius 2 is 1.94 bits per heavy atom. The van der Waals surface area contributed by atoms with Gasteiger partial charge in [0, 0.05) is 6.04 Å². The summed E-state index contributed by atoms with van der Waals surface area (Å²) in [5.74, 6) is 1.56. The van der Waals surface area contributed by atoms with Crippen molar-refractivity contribution in [2.24, 2.45) is 11.1 Å². The van der Waals surface area contributed by atoms with Gasteiger partial charge in [0.25, 0.3) is 0 Å². The molecule has 0 radical (unpaired) electrons. The average molecular weight is 233 g/mol. The second kappa shape index (κ2) is 4.69. The van der Waals surface area contributed by atoms with Crippen LogP contribution in [0.2, 0.25) is 0 Å². The maximum atomic E-state index is 6.05. The summed E-state index contributed by atoms with van der Waals surface area (Å²) in [7, 11) is 0. The molecular weight excluding hydrogens is 210 g/mol. The maximum Gasteiger partial charge on any atom is 0.119 e. The number of hydrogen-bond donors (Lipinski definition) is 1. The summed E-state index contributed by atoms with van der Waals surface area (Å²) in [5, 5.41) is 0. The van der Waals surface area contributed by atoms with Crippen LogP contribution in [0.15, 0.2) is 24.3 Å². The van der Waals surface area contributed by atoms with E-state index in [2.05, 4.69) is 45.0 Å². The van der Waals surface area contributed by atoms with Crippen molar-refractivity contribution in [3.63, 3.8) is 0 Å². The first-order chi connectivity index (χ1) is 8.05. The van der Waals surface area contributed by atoms with E-state index in [9.17, 15) is 0 Å². The number of rotatable bonds is 4. The Hall–Kier alpha value is -1.02. The van der Waals surface area contributed by atoms with Gasteiger partial charge in [0.15, 0.2) is 0 Å². The van der Waals surface area contributed by atoms with E-state index in [-0.39, 0.29) is 5.41 Å². The molecule has 1 fully saturated rings. The minimum absolute atomic E-state index is 0.228. The van der Waals surface area contributed by atoms with Crippen molar-refractivity contribution >= 4 is 0 Å². The fraction of sp³-hybridized carbons (Fsp3) is 0.600. The van der Waals surface area contributed by atoms with E-state index in [0.29, 0.717) is 12.0 Å². The minimum Gasteiger partial charge on any atom is -0.494 e. The molecule has 17 heavy (non-hydrogen) atoms. The molecule has 2 N–H and O–H groups in total. The summed E-state index contributed by atoms with van der Waals surface area (Å²) in [5.41, 5.74) is 7.67. The van der Waals surface area contributed by atoms with Gasteiger partial charge in [0.05, 0.1) is 6.61 Å². The minimum atomic E-state index is 0.228. The highest BCUT2D eigenvalue weighted by atomic mass is 16.5. The molecule has 1 aliphatic carbocycles. The Bertz CT molecular complexity index is 369. The quantitative estimate of drug-likeness (QED) is 0.866. The van der Waals surface area contributed by atoms with E-state index in [1.165, 1.54) is 5.56 Å². The lowest BCUT2D eigenvalue weighted by molar-refractivity contribution is 0.0983. The van der Waals surface area contributed by atoms with Gasteiger partial charge in [0.2, 0.25) is 0 Å². The van der Waals surface area contributed by atoms with Gasteiger partial charge in [-0.3, -0.25) is 0 Å². The summed E-state index contributed by atoms with van der Waals surface area (Å²) in [6.07, 6.45) is 2.15. The number of benzene rings is 1. The first-order valence-electron chi connectivity index (χ1n) is 6.54. The van der Waals surface area contributed by atoms with Gasteiger partial charge in [-0.05, 0) is 41.9 Å². The molecule has 1 saturated carbocycles. The van der Waals surface area contributed by atoms with E-state index >= 15 is 0 Å². The van der Waals surface area contributed by atoms with Gasteiger partial charge in [0.1, 0.15) is 5.75 Å². The summed E-state index contributed by atoms with van der Waals surface area (Å²) in [6.45, 7) is 7.42. The van der Waals surface area contributed by atoms with E-state index in [1.54, 1.807) is 0 Å². The molecule has 0 aliphatic heterocycles. The van der Waals surface area contributed by atoms with Crippen LogP contribution in [0.25, 0.3) is 0 Å². The topological polar surface area (TPSA) is 35.2 Å². The molecule has 0 amide bonds. The highest BCUT2D eigenvalue weighted by molar-refractivity contribution is 5.33. The van der Waals surface area contributed by atoms with Crippen LogP contribution in [0.5, 0.6) is 5.75 Å².